The van der Waals surface area contributed by atoms with Gasteiger partial charge in [-0.05, 0) is 48.8 Å². The summed E-state index contributed by atoms with van der Waals surface area (Å²) in [4.78, 5) is 15.6. The van der Waals surface area contributed by atoms with E-state index in [-0.39, 0.29) is 0 Å². The summed E-state index contributed by atoms with van der Waals surface area (Å²) >= 11 is 3.32. The second-order valence-electron chi connectivity index (χ2n) is 4.65. The molecule has 0 bridgehead atoms. The van der Waals surface area contributed by atoms with Gasteiger partial charge in [0, 0.05) is 29.3 Å². The Hall–Kier alpha value is -1.10. The fourth-order valence-electron chi connectivity index (χ4n) is 1.16. The third-order valence-electron chi connectivity index (χ3n) is 1.84. The van der Waals surface area contributed by atoms with Gasteiger partial charge in [0.15, 0.2) is 0 Å². The van der Waals surface area contributed by atoms with Crippen LogP contribution in [0.2, 0.25) is 0 Å². The number of nitrogens with zero attached hydrogens (tertiary/aromatic N) is 1. The largest absolute Gasteiger partial charge is 0.444 e. The third-order valence-corrected chi connectivity index (χ3v) is 2.31. The van der Waals surface area contributed by atoms with E-state index >= 15 is 0 Å². The summed E-state index contributed by atoms with van der Waals surface area (Å²) in [5.41, 5.74) is 0.476. The Morgan fingerprint density at radius 1 is 1.47 bits per heavy atom. The van der Waals surface area contributed by atoms with Crippen LogP contribution in [0.1, 0.15) is 26.5 Å². The van der Waals surface area contributed by atoms with Gasteiger partial charge in [-0.3, -0.25) is 4.98 Å². The van der Waals surface area contributed by atoms with Crippen LogP contribution in [-0.2, 0) is 11.2 Å². The van der Waals surface area contributed by atoms with E-state index in [1.165, 1.54) is 0 Å². The normalized spacial score (nSPS) is 11.1. The van der Waals surface area contributed by atoms with Crippen molar-refractivity contribution in [3.8, 4) is 0 Å². The Kier molecular flexibility index (Phi) is 4.93. The number of carbonyl (C=O) groups excluding carboxylic acids is 1. The molecule has 0 aromatic carbocycles. The van der Waals surface area contributed by atoms with E-state index in [9.17, 15) is 4.79 Å². The molecule has 4 nitrogen and oxygen atoms in total. The van der Waals surface area contributed by atoms with Crippen molar-refractivity contribution in [2.24, 2.45) is 0 Å². The predicted molar refractivity (Wildman–Crippen MR) is 69.9 cm³/mol. The Balaban J connectivity index is 2.28. The number of ether oxygens (including phenoxy) is 1. The van der Waals surface area contributed by atoms with Crippen molar-refractivity contribution < 1.29 is 9.53 Å². The SMILES string of the molecule is CC(C)(C)OC(=O)NCCc1ccc(Br)cn1. The van der Waals surface area contributed by atoms with Crippen LogP contribution in [0.5, 0.6) is 0 Å². The predicted octanol–water partition coefficient (Wildman–Crippen LogP) is 2.91. The third kappa shape index (κ3) is 6.26. The summed E-state index contributed by atoms with van der Waals surface area (Å²) in [6, 6.07) is 3.84. The van der Waals surface area contributed by atoms with Crippen LogP contribution in [-0.4, -0.2) is 23.2 Å². The molecule has 0 aliphatic carbocycles. The van der Waals surface area contributed by atoms with Crippen LogP contribution >= 0.6 is 15.9 Å². The van der Waals surface area contributed by atoms with E-state index in [1.807, 2.05) is 32.9 Å². The van der Waals surface area contributed by atoms with E-state index in [4.69, 9.17) is 4.74 Å². The molecule has 0 spiro atoms. The average Bonchev–Trinajstić information content (AvgIpc) is 2.18. The summed E-state index contributed by atoms with van der Waals surface area (Å²) < 4.78 is 6.06. The molecule has 0 aliphatic rings. The minimum absolute atomic E-state index is 0.394. The van der Waals surface area contributed by atoms with Crippen molar-refractivity contribution >= 4 is 22.0 Å². The lowest BCUT2D eigenvalue weighted by atomic mass is 10.2. The molecule has 0 aliphatic heterocycles. The lowest BCUT2D eigenvalue weighted by Crippen LogP contribution is -2.33. The number of hydrogen-bond donors (Lipinski definition) is 1. The first-order chi connectivity index (χ1) is 7.87. The minimum atomic E-state index is -0.458. The first-order valence-corrected chi connectivity index (χ1v) is 6.23. The van der Waals surface area contributed by atoms with Gasteiger partial charge < -0.3 is 10.1 Å². The van der Waals surface area contributed by atoms with Crippen molar-refractivity contribution in [1.82, 2.24) is 10.3 Å². The van der Waals surface area contributed by atoms with Gasteiger partial charge >= 0.3 is 6.09 Å². The Bertz CT molecular complexity index is 371. The highest BCUT2D eigenvalue weighted by molar-refractivity contribution is 9.10. The average molecular weight is 301 g/mol. The number of hydrogen-bond acceptors (Lipinski definition) is 3. The first-order valence-electron chi connectivity index (χ1n) is 5.44. The number of alkyl carbamates (subject to hydrolysis) is 1. The monoisotopic (exact) mass is 300 g/mol. The molecular formula is C12H17BrN2O2. The molecule has 1 rings (SSSR count). The minimum Gasteiger partial charge on any atom is -0.444 e. The summed E-state index contributed by atoms with van der Waals surface area (Å²) in [7, 11) is 0. The Morgan fingerprint density at radius 3 is 2.71 bits per heavy atom. The van der Waals surface area contributed by atoms with Crippen molar-refractivity contribution in [1.29, 1.82) is 0 Å². The van der Waals surface area contributed by atoms with Crippen LogP contribution in [0.15, 0.2) is 22.8 Å². The quantitative estimate of drug-likeness (QED) is 0.934. The molecule has 0 unspecified atom stereocenters. The lowest BCUT2D eigenvalue weighted by molar-refractivity contribution is 0.0528. The molecule has 1 N–H and O–H groups in total. The van der Waals surface area contributed by atoms with E-state index in [0.717, 1.165) is 10.2 Å². The molecule has 1 heterocycles. The highest BCUT2D eigenvalue weighted by atomic mass is 79.9. The van der Waals surface area contributed by atoms with Crippen molar-refractivity contribution in [3.63, 3.8) is 0 Å². The van der Waals surface area contributed by atoms with Gasteiger partial charge in [-0.25, -0.2) is 4.79 Å². The van der Waals surface area contributed by atoms with Gasteiger partial charge in [0.25, 0.3) is 0 Å². The van der Waals surface area contributed by atoms with Gasteiger partial charge in [0.2, 0.25) is 0 Å². The number of pyridine rings is 1. The maximum atomic E-state index is 11.3. The second-order valence-corrected chi connectivity index (χ2v) is 5.56. The maximum Gasteiger partial charge on any atom is 0.407 e. The maximum absolute atomic E-state index is 11.3. The number of nitrogens with one attached hydrogen (secondary N) is 1. The summed E-state index contributed by atoms with van der Waals surface area (Å²) in [5.74, 6) is 0. The topological polar surface area (TPSA) is 51.2 Å². The molecule has 17 heavy (non-hydrogen) atoms. The molecule has 1 amide bonds. The van der Waals surface area contributed by atoms with Crippen LogP contribution in [0.3, 0.4) is 0 Å². The fourth-order valence-corrected chi connectivity index (χ4v) is 1.40. The fraction of sp³-hybridized carbons (Fsp3) is 0.500. The van der Waals surface area contributed by atoms with Crippen molar-refractivity contribution in [2.75, 3.05) is 6.54 Å². The van der Waals surface area contributed by atoms with Gasteiger partial charge in [-0.15, -0.1) is 0 Å². The highest BCUT2D eigenvalue weighted by Crippen LogP contribution is 2.08. The Morgan fingerprint density at radius 2 is 2.18 bits per heavy atom. The molecule has 5 heteroatoms. The van der Waals surface area contributed by atoms with Crippen LogP contribution in [0.4, 0.5) is 4.79 Å². The second kappa shape index (κ2) is 6.00. The molecule has 0 atom stereocenters. The van der Waals surface area contributed by atoms with Gasteiger partial charge in [0.05, 0.1) is 0 Å². The molecule has 0 radical (unpaired) electrons. The molecule has 0 saturated heterocycles. The van der Waals surface area contributed by atoms with Crippen molar-refractivity contribution in [2.45, 2.75) is 32.8 Å². The highest BCUT2D eigenvalue weighted by Gasteiger charge is 2.15. The van der Waals surface area contributed by atoms with E-state index in [2.05, 4.69) is 26.2 Å². The number of aromatic nitrogens is 1. The lowest BCUT2D eigenvalue weighted by Gasteiger charge is -2.19. The zero-order valence-electron chi connectivity index (χ0n) is 10.3. The Labute approximate surface area is 110 Å². The number of halogens is 1. The van der Waals surface area contributed by atoms with Gasteiger partial charge in [-0.1, -0.05) is 0 Å². The number of amides is 1. The van der Waals surface area contributed by atoms with Gasteiger partial charge in [-0.2, -0.15) is 0 Å². The summed E-state index contributed by atoms with van der Waals surface area (Å²) in [5, 5.41) is 2.69. The standard InChI is InChI=1S/C12H17BrN2O2/c1-12(2,3)17-11(16)14-7-6-10-5-4-9(13)8-15-10/h4-5,8H,6-7H2,1-3H3,(H,14,16). The molecule has 0 fully saturated rings. The van der Waals surface area contributed by atoms with E-state index < -0.39 is 11.7 Å². The molecule has 1 aromatic heterocycles. The van der Waals surface area contributed by atoms with Crippen molar-refractivity contribution in [3.05, 3.63) is 28.5 Å². The molecule has 1 aromatic rings. The number of carbonyl (C=O) groups is 1. The molecular weight excluding hydrogens is 284 g/mol. The molecule has 0 saturated carbocycles. The molecule has 94 valence electrons. The summed E-state index contributed by atoms with van der Waals surface area (Å²) in [6.45, 7) is 6.03. The van der Waals surface area contributed by atoms with Crippen LogP contribution in [0.25, 0.3) is 0 Å². The van der Waals surface area contributed by atoms with Crippen LogP contribution in [0, 0.1) is 0 Å². The van der Waals surface area contributed by atoms with Gasteiger partial charge in [0.1, 0.15) is 5.60 Å². The zero-order valence-corrected chi connectivity index (χ0v) is 11.9. The summed E-state index contributed by atoms with van der Waals surface area (Å²) in [6.07, 6.45) is 2.03. The first kappa shape index (κ1) is 14.0. The van der Waals surface area contributed by atoms with Crippen LogP contribution < -0.4 is 5.32 Å². The zero-order chi connectivity index (χ0) is 12.9. The van der Waals surface area contributed by atoms with E-state index in [0.29, 0.717) is 13.0 Å². The smallest absolute Gasteiger partial charge is 0.407 e. The van der Waals surface area contributed by atoms with E-state index in [1.54, 1.807) is 6.20 Å². The number of rotatable bonds is 3.